The first-order valence-corrected chi connectivity index (χ1v) is 5.01. The minimum Gasteiger partial charge on any atom is -0.325 e. The molecule has 0 fully saturated rings. The molecular formula is C12H11F3N2O. The van der Waals surface area contributed by atoms with Gasteiger partial charge in [-0.05, 0) is 24.3 Å². The molecule has 1 amide bonds. The van der Waals surface area contributed by atoms with Gasteiger partial charge < -0.3 is 11.1 Å². The molecule has 0 saturated carbocycles. The molecule has 0 heterocycles. The third kappa shape index (κ3) is 3.79. The van der Waals surface area contributed by atoms with Crippen LogP contribution in [0.5, 0.6) is 0 Å². The van der Waals surface area contributed by atoms with E-state index in [1.165, 1.54) is 0 Å². The van der Waals surface area contributed by atoms with Crippen LogP contribution >= 0.6 is 0 Å². The zero-order valence-corrected chi connectivity index (χ0v) is 9.29. The summed E-state index contributed by atoms with van der Waals surface area (Å²) in [6, 6.07) is 3.19. The molecule has 0 spiro atoms. The van der Waals surface area contributed by atoms with Crippen LogP contribution in [0.4, 0.5) is 18.9 Å². The molecule has 1 unspecified atom stereocenters. The van der Waals surface area contributed by atoms with E-state index < -0.39 is 23.7 Å². The van der Waals surface area contributed by atoms with Gasteiger partial charge in [-0.2, -0.15) is 13.2 Å². The van der Waals surface area contributed by atoms with Gasteiger partial charge in [-0.15, -0.1) is 12.3 Å². The van der Waals surface area contributed by atoms with Crippen molar-refractivity contribution in [3.05, 3.63) is 29.8 Å². The topological polar surface area (TPSA) is 55.1 Å². The van der Waals surface area contributed by atoms with Crippen molar-refractivity contribution in [3.8, 4) is 12.3 Å². The molecule has 0 aliphatic heterocycles. The first-order valence-electron chi connectivity index (χ1n) is 5.01. The van der Waals surface area contributed by atoms with Crippen molar-refractivity contribution in [3.63, 3.8) is 0 Å². The molecule has 3 nitrogen and oxygen atoms in total. The van der Waals surface area contributed by atoms with E-state index in [1.54, 1.807) is 0 Å². The number of amides is 1. The van der Waals surface area contributed by atoms with Crippen LogP contribution < -0.4 is 11.1 Å². The molecule has 0 aliphatic rings. The Morgan fingerprint density at radius 2 is 1.94 bits per heavy atom. The molecule has 3 N–H and O–H groups in total. The highest BCUT2D eigenvalue weighted by Crippen LogP contribution is 2.29. The van der Waals surface area contributed by atoms with Gasteiger partial charge >= 0.3 is 6.18 Å². The van der Waals surface area contributed by atoms with Gasteiger partial charge in [0.15, 0.2) is 0 Å². The molecule has 0 bridgehead atoms. The number of hydrogen-bond donors (Lipinski definition) is 2. The Bertz CT molecular complexity index is 460. The Hall–Kier alpha value is -2.00. The number of terminal acetylenes is 1. The number of nitrogens with two attached hydrogens (primary N) is 1. The molecule has 96 valence electrons. The van der Waals surface area contributed by atoms with Crippen LogP contribution in [-0.2, 0) is 11.0 Å². The van der Waals surface area contributed by atoms with Crippen LogP contribution in [0, 0.1) is 12.3 Å². The maximum atomic E-state index is 12.3. The molecule has 0 saturated heterocycles. The van der Waals surface area contributed by atoms with Crippen LogP contribution in [0.15, 0.2) is 24.3 Å². The molecule has 18 heavy (non-hydrogen) atoms. The number of carbonyl (C=O) groups excluding carboxylic acids is 1. The summed E-state index contributed by atoms with van der Waals surface area (Å²) in [7, 11) is 0. The fourth-order valence-electron chi connectivity index (χ4n) is 1.20. The summed E-state index contributed by atoms with van der Waals surface area (Å²) in [5.41, 5.74) is 4.89. The second kappa shape index (κ2) is 5.56. The average Bonchev–Trinajstić information content (AvgIpc) is 2.28. The van der Waals surface area contributed by atoms with Crippen molar-refractivity contribution in [2.24, 2.45) is 5.73 Å². The van der Waals surface area contributed by atoms with E-state index in [-0.39, 0.29) is 12.1 Å². The Morgan fingerprint density at radius 1 is 1.39 bits per heavy atom. The van der Waals surface area contributed by atoms with Crippen molar-refractivity contribution in [2.75, 3.05) is 5.32 Å². The van der Waals surface area contributed by atoms with Gasteiger partial charge in [0, 0.05) is 12.1 Å². The van der Waals surface area contributed by atoms with Gasteiger partial charge in [0.25, 0.3) is 0 Å². The normalized spacial score (nSPS) is 12.6. The van der Waals surface area contributed by atoms with Crippen LogP contribution in [0.1, 0.15) is 12.0 Å². The van der Waals surface area contributed by atoms with Crippen molar-refractivity contribution < 1.29 is 18.0 Å². The third-order valence-electron chi connectivity index (χ3n) is 2.15. The van der Waals surface area contributed by atoms with Crippen LogP contribution in [-0.4, -0.2) is 11.9 Å². The van der Waals surface area contributed by atoms with Gasteiger partial charge in [0.05, 0.1) is 11.6 Å². The molecule has 1 aromatic rings. The lowest BCUT2D eigenvalue weighted by Gasteiger charge is -2.11. The fourth-order valence-corrected chi connectivity index (χ4v) is 1.20. The zero-order valence-electron chi connectivity index (χ0n) is 9.29. The summed E-state index contributed by atoms with van der Waals surface area (Å²) in [6.07, 6.45) is 0.655. The van der Waals surface area contributed by atoms with E-state index in [0.717, 1.165) is 24.3 Å². The van der Waals surface area contributed by atoms with E-state index in [9.17, 15) is 18.0 Å². The monoisotopic (exact) mass is 256 g/mol. The minimum absolute atomic E-state index is 0.0620. The van der Waals surface area contributed by atoms with Gasteiger partial charge in [-0.3, -0.25) is 4.79 Å². The quantitative estimate of drug-likeness (QED) is 0.813. The number of carbonyl (C=O) groups is 1. The summed E-state index contributed by atoms with van der Waals surface area (Å²) >= 11 is 0. The van der Waals surface area contributed by atoms with Crippen molar-refractivity contribution in [1.82, 2.24) is 0 Å². The van der Waals surface area contributed by atoms with Crippen LogP contribution in [0.2, 0.25) is 0 Å². The minimum atomic E-state index is -4.40. The molecule has 1 aromatic carbocycles. The number of nitrogens with one attached hydrogen (secondary N) is 1. The lowest BCUT2D eigenvalue weighted by molar-refractivity contribution is -0.137. The summed E-state index contributed by atoms with van der Waals surface area (Å²) in [5.74, 6) is 1.69. The highest BCUT2D eigenvalue weighted by atomic mass is 19.4. The number of benzene rings is 1. The largest absolute Gasteiger partial charge is 0.416 e. The van der Waals surface area contributed by atoms with Crippen molar-refractivity contribution >= 4 is 11.6 Å². The number of hydrogen-bond acceptors (Lipinski definition) is 2. The van der Waals surface area contributed by atoms with Gasteiger partial charge in [-0.25, -0.2) is 0 Å². The smallest absolute Gasteiger partial charge is 0.325 e. The molecule has 0 aliphatic carbocycles. The highest BCUT2D eigenvalue weighted by molar-refractivity contribution is 5.94. The van der Waals surface area contributed by atoms with Crippen LogP contribution in [0.3, 0.4) is 0 Å². The zero-order chi connectivity index (χ0) is 13.8. The number of alkyl halides is 3. The number of anilines is 1. The van der Waals surface area contributed by atoms with Gasteiger partial charge in [0.2, 0.25) is 5.91 Å². The standard InChI is InChI=1S/C12H11F3N2O/c1-2-3-10(16)11(18)17-9-6-4-8(5-7-9)12(13,14)15/h1,4-7,10H,3,16H2,(H,17,18). The Kier molecular flexibility index (Phi) is 4.34. The number of rotatable bonds is 3. The summed E-state index contributed by atoms with van der Waals surface area (Å²) in [5, 5.41) is 2.38. The third-order valence-corrected chi connectivity index (χ3v) is 2.15. The lowest BCUT2D eigenvalue weighted by Crippen LogP contribution is -2.35. The predicted molar refractivity (Wildman–Crippen MR) is 61.5 cm³/mol. The maximum Gasteiger partial charge on any atom is 0.416 e. The number of halogens is 3. The molecule has 1 atom stereocenters. The van der Waals surface area contributed by atoms with E-state index in [2.05, 4.69) is 11.2 Å². The lowest BCUT2D eigenvalue weighted by atomic mass is 10.2. The first-order chi connectivity index (χ1) is 8.34. The maximum absolute atomic E-state index is 12.3. The van der Waals surface area contributed by atoms with E-state index in [0.29, 0.717) is 0 Å². The molecule has 1 rings (SSSR count). The average molecular weight is 256 g/mol. The first kappa shape index (κ1) is 14.1. The Balaban J connectivity index is 2.70. The molecule has 0 aromatic heterocycles. The molecule has 0 radical (unpaired) electrons. The van der Waals surface area contributed by atoms with E-state index >= 15 is 0 Å². The summed E-state index contributed by atoms with van der Waals surface area (Å²) in [4.78, 5) is 11.4. The Labute approximate surface area is 102 Å². The Morgan fingerprint density at radius 3 is 2.39 bits per heavy atom. The van der Waals surface area contributed by atoms with Crippen molar-refractivity contribution in [1.29, 1.82) is 0 Å². The SMILES string of the molecule is C#CCC(N)C(=O)Nc1ccc(C(F)(F)F)cc1. The highest BCUT2D eigenvalue weighted by Gasteiger charge is 2.30. The summed E-state index contributed by atoms with van der Waals surface area (Å²) in [6.45, 7) is 0. The second-order valence-electron chi connectivity index (χ2n) is 3.58. The van der Waals surface area contributed by atoms with E-state index in [4.69, 9.17) is 12.2 Å². The van der Waals surface area contributed by atoms with Crippen LogP contribution in [0.25, 0.3) is 0 Å². The van der Waals surface area contributed by atoms with E-state index in [1.807, 2.05) is 0 Å². The molecule has 6 heteroatoms. The van der Waals surface area contributed by atoms with Gasteiger partial charge in [0.1, 0.15) is 0 Å². The second-order valence-corrected chi connectivity index (χ2v) is 3.58. The fraction of sp³-hybridized carbons (Fsp3) is 0.250. The summed E-state index contributed by atoms with van der Waals surface area (Å²) < 4.78 is 36.8. The predicted octanol–water partition coefficient (Wildman–Crippen LogP) is 1.99. The van der Waals surface area contributed by atoms with Gasteiger partial charge in [-0.1, -0.05) is 0 Å². The molecular weight excluding hydrogens is 245 g/mol. The van der Waals surface area contributed by atoms with Crippen molar-refractivity contribution in [2.45, 2.75) is 18.6 Å².